The molecule has 0 saturated heterocycles. The number of nitrogens with one attached hydrogen (secondary N) is 1. The number of nitrogens with zero attached hydrogens (tertiary/aromatic N) is 3. The molecule has 0 fully saturated rings. The van der Waals surface area contributed by atoms with Crippen molar-refractivity contribution in [1.82, 2.24) is 10.3 Å². The van der Waals surface area contributed by atoms with Crippen molar-refractivity contribution in [1.29, 1.82) is 5.26 Å². The van der Waals surface area contributed by atoms with Crippen LogP contribution in [-0.4, -0.2) is 17.4 Å². The van der Waals surface area contributed by atoms with Gasteiger partial charge in [-0.3, -0.25) is 15.3 Å². The highest BCUT2D eigenvalue weighted by atomic mass is 35.5. The Hall–Kier alpha value is -2.45. The van der Waals surface area contributed by atoms with Crippen LogP contribution in [0.25, 0.3) is 0 Å². The lowest BCUT2D eigenvalue weighted by atomic mass is 10.1. The monoisotopic (exact) mass is 302 g/mol. The minimum Gasteiger partial charge on any atom is -0.277 e. The van der Waals surface area contributed by atoms with Crippen molar-refractivity contribution in [3.8, 4) is 6.19 Å². The predicted molar refractivity (Wildman–Crippen MR) is 79.5 cm³/mol. The highest BCUT2D eigenvalue weighted by Crippen LogP contribution is 2.19. The molecule has 1 N–H and O–H groups in total. The van der Waals surface area contributed by atoms with Gasteiger partial charge in [0.15, 0.2) is 6.19 Å². The number of nitriles is 1. The normalized spacial score (nSPS) is 11.0. The van der Waals surface area contributed by atoms with Crippen LogP contribution in [-0.2, 0) is 6.42 Å². The second kappa shape index (κ2) is 7.36. The molecule has 0 atom stereocenters. The zero-order chi connectivity index (χ0) is 15.1. The predicted octanol–water partition coefficient (Wildman–Crippen LogP) is 2.93. The van der Waals surface area contributed by atoms with E-state index in [2.05, 4.69) is 15.3 Å². The Balaban J connectivity index is 2.11. The van der Waals surface area contributed by atoms with E-state index in [0.29, 0.717) is 29.9 Å². The van der Waals surface area contributed by atoms with Gasteiger partial charge in [0.2, 0.25) is 0 Å². The largest absolute Gasteiger partial charge is 0.277 e. The van der Waals surface area contributed by atoms with Crippen molar-refractivity contribution in [3.63, 3.8) is 0 Å². The van der Waals surface area contributed by atoms with Crippen molar-refractivity contribution in [2.75, 3.05) is 6.54 Å². The Morgan fingerprint density at radius 3 is 2.95 bits per heavy atom. The van der Waals surface area contributed by atoms with Gasteiger partial charge in [0.1, 0.15) is 11.7 Å². The maximum atomic E-state index is 13.3. The molecule has 1 heterocycles. The molecule has 0 aliphatic carbocycles. The van der Waals surface area contributed by atoms with Crippen LogP contribution in [0.1, 0.15) is 11.1 Å². The van der Waals surface area contributed by atoms with Gasteiger partial charge >= 0.3 is 0 Å². The summed E-state index contributed by atoms with van der Waals surface area (Å²) < 4.78 is 13.3. The molecule has 1 aromatic carbocycles. The van der Waals surface area contributed by atoms with Gasteiger partial charge in [0.05, 0.1) is 5.02 Å². The number of amidine groups is 1. The van der Waals surface area contributed by atoms with E-state index in [1.165, 1.54) is 6.07 Å². The summed E-state index contributed by atoms with van der Waals surface area (Å²) in [5.74, 6) is -0.0149. The molecule has 4 nitrogen and oxygen atoms in total. The number of pyridine rings is 1. The SMILES string of the molecule is N#CNC(=NCCc1cccc(F)c1Cl)c1cccnc1. The van der Waals surface area contributed by atoms with Crippen LogP contribution >= 0.6 is 11.6 Å². The van der Waals surface area contributed by atoms with Gasteiger partial charge in [-0.1, -0.05) is 23.7 Å². The lowest BCUT2D eigenvalue weighted by Gasteiger charge is -2.05. The molecule has 0 saturated carbocycles. The van der Waals surface area contributed by atoms with Crippen LogP contribution in [0.2, 0.25) is 5.02 Å². The minimum atomic E-state index is -0.444. The first kappa shape index (κ1) is 14.9. The van der Waals surface area contributed by atoms with E-state index in [9.17, 15) is 4.39 Å². The van der Waals surface area contributed by atoms with Gasteiger partial charge in [-0.15, -0.1) is 0 Å². The Kier molecular flexibility index (Phi) is 5.24. The number of aliphatic imine (C=N–C) groups is 1. The topological polar surface area (TPSA) is 61.1 Å². The number of hydrogen-bond acceptors (Lipinski definition) is 3. The standard InChI is InChI=1S/C15H12ClFN4/c16-14-11(3-1-5-13(14)17)6-8-20-15(21-10-18)12-4-2-7-19-9-12/h1-5,7,9H,6,8H2,(H,20,21). The molecule has 0 unspecified atom stereocenters. The van der Waals surface area contributed by atoms with E-state index < -0.39 is 5.82 Å². The van der Waals surface area contributed by atoms with Crippen LogP contribution in [0.5, 0.6) is 0 Å². The summed E-state index contributed by atoms with van der Waals surface area (Å²) in [5, 5.41) is 11.4. The Morgan fingerprint density at radius 1 is 1.38 bits per heavy atom. The maximum Gasteiger partial charge on any atom is 0.182 e. The first-order valence-electron chi connectivity index (χ1n) is 6.25. The molecule has 106 valence electrons. The average molecular weight is 303 g/mol. The third-order valence-electron chi connectivity index (χ3n) is 2.79. The van der Waals surface area contributed by atoms with Crippen molar-refractivity contribution < 1.29 is 4.39 Å². The van der Waals surface area contributed by atoms with Gasteiger partial charge in [-0.05, 0) is 30.2 Å². The molecule has 0 amide bonds. The number of hydrogen-bond donors (Lipinski definition) is 1. The van der Waals surface area contributed by atoms with Crippen molar-refractivity contribution in [2.45, 2.75) is 6.42 Å². The summed E-state index contributed by atoms with van der Waals surface area (Å²) in [6.07, 6.45) is 5.57. The number of halogens is 2. The average Bonchev–Trinajstić information content (AvgIpc) is 2.51. The van der Waals surface area contributed by atoms with E-state index in [-0.39, 0.29) is 5.02 Å². The van der Waals surface area contributed by atoms with Crippen molar-refractivity contribution in [2.24, 2.45) is 4.99 Å². The summed E-state index contributed by atoms with van der Waals surface area (Å²) in [5.41, 5.74) is 1.40. The Morgan fingerprint density at radius 2 is 2.24 bits per heavy atom. The first-order chi connectivity index (χ1) is 10.2. The molecule has 2 rings (SSSR count). The molecule has 0 radical (unpaired) electrons. The maximum absolute atomic E-state index is 13.3. The first-order valence-corrected chi connectivity index (χ1v) is 6.63. The second-order valence-corrected chi connectivity index (χ2v) is 4.55. The van der Waals surface area contributed by atoms with Crippen molar-refractivity contribution >= 4 is 17.4 Å². The molecule has 6 heteroatoms. The second-order valence-electron chi connectivity index (χ2n) is 4.17. The van der Waals surface area contributed by atoms with Crippen LogP contribution in [0.3, 0.4) is 0 Å². The lowest BCUT2D eigenvalue weighted by molar-refractivity contribution is 0.626. The molecule has 0 bridgehead atoms. The van der Waals surface area contributed by atoms with Gasteiger partial charge in [-0.25, -0.2) is 4.39 Å². The summed E-state index contributed by atoms with van der Waals surface area (Å²) in [6, 6.07) is 8.23. The fourth-order valence-electron chi connectivity index (χ4n) is 1.79. The number of aromatic nitrogens is 1. The summed E-state index contributed by atoms with van der Waals surface area (Å²) in [4.78, 5) is 8.29. The number of rotatable bonds is 4. The van der Waals surface area contributed by atoms with Crippen LogP contribution in [0.4, 0.5) is 4.39 Å². The molecular weight excluding hydrogens is 291 g/mol. The molecule has 21 heavy (non-hydrogen) atoms. The Labute approximate surface area is 126 Å². The van der Waals surface area contributed by atoms with E-state index in [4.69, 9.17) is 16.9 Å². The van der Waals surface area contributed by atoms with E-state index in [1.54, 1.807) is 36.7 Å². The van der Waals surface area contributed by atoms with E-state index >= 15 is 0 Å². The van der Waals surface area contributed by atoms with Crippen molar-refractivity contribution in [3.05, 3.63) is 64.7 Å². The number of benzene rings is 1. The molecule has 1 aromatic heterocycles. The van der Waals surface area contributed by atoms with Crippen LogP contribution in [0.15, 0.2) is 47.7 Å². The molecular formula is C15H12ClFN4. The van der Waals surface area contributed by atoms with Gasteiger partial charge in [0, 0.05) is 24.5 Å². The molecule has 0 spiro atoms. The fourth-order valence-corrected chi connectivity index (χ4v) is 2.01. The zero-order valence-electron chi connectivity index (χ0n) is 11.1. The summed E-state index contributed by atoms with van der Waals surface area (Å²) >= 11 is 5.89. The zero-order valence-corrected chi connectivity index (χ0v) is 11.8. The highest BCUT2D eigenvalue weighted by Gasteiger charge is 2.06. The van der Waals surface area contributed by atoms with Gasteiger partial charge < -0.3 is 0 Å². The van der Waals surface area contributed by atoms with Gasteiger partial charge in [-0.2, -0.15) is 5.26 Å². The molecule has 0 aliphatic rings. The third-order valence-corrected chi connectivity index (χ3v) is 3.22. The van der Waals surface area contributed by atoms with E-state index in [1.807, 2.05) is 6.19 Å². The highest BCUT2D eigenvalue weighted by molar-refractivity contribution is 6.31. The molecule has 2 aromatic rings. The third kappa shape index (κ3) is 4.01. The smallest absolute Gasteiger partial charge is 0.182 e. The lowest BCUT2D eigenvalue weighted by Crippen LogP contribution is -2.20. The quantitative estimate of drug-likeness (QED) is 0.409. The van der Waals surface area contributed by atoms with E-state index in [0.717, 1.165) is 0 Å². The fraction of sp³-hybridized carbons (Fsp3) is 0.133. The van der Waals surface area contributed by atoms with Gasteiger partial charge in [0.25, 0.3) is 0 Å². The Bertz CT molecular complexity index is 680. The molecule has 0 aliphatic heterocycles. The minimum absolute atomic E-state index is 0.115. The van der Waals surface area contributed by atoms with Crippen LogP contribution in [0, 0.1) is 17.3 Å². The summed E-state index contributed by atoms with van der Waals surface area (Å²) in [6.45, 7) is 0.377. The summed E-state index contributed by atoms with van der Waals surface area (Å²) in [7, 11) is 0. The van der Waals surface area contributed by atoms with Crippen LogP contribution < -0.4 is 5.32 Å².